The second-order valence-electron chi connectivity index (χ2n) is 3.64. The summed E-state index contributed by atoms with van der Waals surface area (Å²) < 4.78 is 0. The maximum absolute atomic E-state index is 8.65. The normalized spacial score (nSPS) is 12.5. The number of anilines is 1. The fourth-order valence-corrected chi connectivity index (χ4v) is 1.24. The van der Waals surface area contributed by atoms with Crippen molar-refractivity contribution in [3.8, 4) is 0 Å². The molecule has 1 aromatic heterocycles. The summed E-state index contributed by atoms with van der Waals surface area (Å²) >= 11 is 0. The van der Waals surface area contributed by atoms with E-state index in [2.05, 4.69) is 29.1 Å². The van der Waals surface area contributed by atoms with Gasteiger partial charge >= 0.3 is 0 Å². The van der Waals surface area contributed by atoms with Crippen LogP contribution in [0.15, 0.2) is 12.4 Å². The first-order valence-electron chi connectivity index (χ1n) is 5.44. The molecule has 4 nitrogen and oxygen atoms in total. The summed E-state index contributed by atoms with van der Waals surface area (Å²) in [6.45, 7) is 5.25. The summed E-state index contributed by atoms with van der Waals surface area (Å²) in [4.78, 5) is 8.36. The first kappa shape index (κ1) is 11.9. The van der Waals surface area contributed by atoms with Crippen molar-refractivity contribution in [1.82, 2.24) is 9.97 Å². The van der Waals surface area contributed by atoms with E-state index in [0.717, 1.165) is 30.9 Å². The number of aliphatic hydroxyl groups excluding tert-OH is 1. The topological polar surface area (TPSA) is 58.0 Å². The Morgan fingerprint density at radius 1 is 1.47 bits per heavy atom. The minimum atomic E-state index is 0.205. The number of hydrogen-bond acceptors (Lipinski definition) is 4. The average molecular weight is 209 g/mol. The largest absolute Gasteiger partial charge is 0.396 e. The average Bonchev–Trinajstić information content (AvgIpc) is 2.29. The third kappa shape index (κ3) is 3.83. The van der Waals surface area contributed by atoms with Gasteiger partial charge in [-0.2, -0.15) is 0 Å². The van der Waals surface area contributed by atoms with E-state index < -0.39 is 0 Å². The fourth-order valence-electron chi connectivity index (χ4n) is 1.24. The van der Waals surface area contributed by atoms with Crippen LogP contribution in [-0.4, -0.2) is 28.2 Å². The molecular formula is C11H19N3O. The van der Waals surface area contributed by atoms with Gasteiger partial charge in [-0.15, -0.1) is 0 Å². The first-order valence-corrected chi connectivity index (χ1v) is 5.44. The number of aromatic nitrogens is 2. The van der Waals surface area contributed by atoms with Crippen LogP contribution < -0.4 is 5.32 Å². The van der Waals surface area contributed by atoms with Crippen LogP contribution in [0, 0.1) is 0 Å². The second kappa shape index (κ2) is 6.35. The summed E-state index contributed by atoms with van der Waals surface area (Å²) in [5.41, 5.74) is 1.07. The molecule has 0 spiro atoms. The smallest absolute Gasteiger partial charge is 0.129 e. The van der Waals surface area contributed by atoms with E-state index in [1.807, 2.05) is 6.07 Å². The highest BCUT2D eigenvalue weighted by Crippen LogP contribution is 2.17. The van der Waals surface area contributed by atoms with Gasteiger partial charge in [-0.25, -0.2) is 9.97 Å². The van der Waals surface area contributed by atoms with Gasteiger partial charge in [-0.05, 0) is 18.8 Å². The first-order chi connectivity index (χ1) is 7.27. The SMILES string of the molecule is CCC(C)c1cc(NCCCO)ncn1. The molecule has 0 fully saturated rings. The van der Waals surface area contributed by atoms with Crippen LogP contribution in [0.4, 0.5) is 5.82 Å². The zero-order valence-electron chi connectivity index (χ0n) is 9.40. The van der Waals surface area contributed by atoms with E-state index in [1.165, 1.54) is 0 Å². The standard InChI is InChI=1S/C11H19N3O/c1-3-9(2)10-7-11(14-8-13-10)12-5-4-6-15/h7-9,15H,3-6H2,1-2H3,(H,12,13,14). The van der Waals surface area contributed by atoms with Crippen LogP contribution >= 0.6 is 0 Å². The Hall–Kier alpha value is -1.16. The lowest BCUT2D eigenvalue weighted by Crippen LogP contribution is -2.06. The summed E-state index contributed by atoms with van der Waals surface area (Å²) in [6.07, 6.45) is 3.40. The second-order valence-corrected chi connectivity index (χ2v) is 3.64. The molecule has 1 atom stereocenters. The van der Waals surface area contributed by atoms with Crippen molar-refractivity contribution in [3.05, 3.63) is 18.1 Å². The lowest BCUT2D eigenvalue weighted by atomic mass is 10.1. The van der Waals surface area contributed by atoms with Crippen molar-refractivity contribution in [1.29, 1.82) is 0 Å². The molecule has 15 heavy (non-hydrogen) atoms. The van der Waals surface area contributed by atoms with Gasteiger partial charge in [-0.3, -0.25) is 0 Å². The van der Waals surface area contributed by atoms with Crippen LogP contribution in [0.1, 0.15) is 38.3 Å². The van der Waals surface area contributed by atoms with Gasteiger partial charge < -0.3 is 10.4 Å². The summed E-state index contributed by atoms with van der Waals surface area (Å²) in [7, 11) is 0. The molecule has 0 aliphatic rings. The highest BCUT2D eigenvalue weighted by Gasteiger charge is 2.05. The summed E-state index contributed by atoms with van der Waals surface area (Å²) in [5, 5.41) is 11.8. The van der Waals surface area contributed by atoms with Crippen molar-refractivity contribution >= 4 is 5.82 Å². The molecule has 1 unspecified atom stereocenters. The van der Waals surface area contributed by atoms with Crippen LogP contribution in [0.3, 0.4) is 0 Å². The van der Waals surface area contributed by atoms with Gasteiger partial charge in [0.15, 0.2) is 0 Å². The van der Waals surface area contributed by atoms with Crippen LogP contribution in [-0.2, 0) is 0 Å². The Labute approximate surface area is 90.8 Å². The lowest BCUT2D eigenvalue weighted by molar-refractivity contribution is 0.292. The van der Waals surface area contributed by atoms with Gasteiger partial charge in [0.2, 0.25) is 0 Å². The molecule has 4 heteroatoms. The predicted molar refractivity (Wildman–Crippen MR) is 60.9 cm³/mol. The monoisotopic (exact) mass is 209 g/mol. The number of aliphatic hydroxyl groups is 1. The Bertz CT molecular complexity index is 291. The molecule has 0 aromatic carbocycles. The van der Waals surface area contributed by atoms with Gasteiger partial charge in [0.05, 0.1) is 0 Å². The third-order valence-electron chi connectivity index (χ3n) is 2.45. The van der Waals surface area contributed by atoms with Crippen molar-refractivity contribution in [2.24, 2.45) is 0 Å². The molecule has 0 bridgehead atoms. The minimum Gasteiger partial charge on any atom is -0.396 e. The number of hydrogen-bond donors (Lipinski definition) is 2. The molecule has 0 radical (unpaired) electrons. The van der Waals surface area contributed by atoms with Crippen LogP contribution in [0.2, 0.25) is 0 Å². The highest BCUT2D eigenvalue weighted by atomic mass is 16.3. The van der Waals surface area contributed by atoms with Gasteiger partial charge in [-0.1, -0.05) is 13.8 Å². The molecule has 0 saturated heterocycles. The quantitative estimate of drug-likeness (QED) is 0.701. The van der Waals surface area contributed by atoms with Gasteiger partial charge in [0, 0.05) is 24.9 Å². The molecule has 0 aliphatic carbocycles. The highest BCUT2D eigenvalue weighted by molar-refractivity contribution is 5.35. The zero-order valence-corrected chi connectivity index (χ0v) is 9.40. The molecule has 0 amide bonds. The van der Waals surface area contributed by atoms with Crippen LogP contribution in [0.5, 0.6) is 0 Å². The Balaban J connectivity index is 2.57. The summed E-state index contributed by atoms with van der Waals surface area (Å²) in [5.74, 6) is 1.31. The van der Waals surface area contributed by atoms with E-state index >= 15 is 0 Å². The minimum absolute atomic E-state index is 0.205. The van der Waals surface area contributed by atoms with Gasteiger partial charge in [0.25, 0.3) is 0 Å². The van der Waals surface area contributed by atoms with E-state index in [-0.39, 0.29) is 6.61 Å². The van der Waals surface area contributed by atoms with Crippen LogP contribution in [0.25, 0.3) is 0 Å². The number of nitrogens with one attached hydrogen (secondary N) is 1. The Morgan fingerprint density at radius 2 is 2.27 bits per heavy atom. The molecule has 1 aromatic rings. The molecule has 2 N–H and O–H groups in total. The van der Waals surface area contributed by atoms with E-state index in [9.17, 15) is 0 Å². The third-order valence-corrected chi connectivity index (χ3v) is 2.45. The predicted octanol–water partition coefficient (Wildman–Crippen LogP) is 1.78. The lowest BCUT2D eigenvalue weighted by Gasteiger charge is -2.09. The van der Waals surface area contributed by atoms with Crippen molar-refractivity contribution in [2.75, 3.05) is 18.5 Å². The molecule has 0 saturated carbocycles. The van der Waals surface area contributed by atoms with E-state index in [4.69, 9.17) is 5.11 Å². The van der Waals surface area contributed by atoms with Crippen molar-refractivity contribution < 1.29 is 5.11 Å². The van der Waals surface area contributed by atoms with E-state index in [0.29, 0.717) is 5.92 Å². The molecular weight excluding hydrogens is 190 g/mol. The number of rotatable bonds is 6. The Kier molecular flexibility index (Phi) is 5.04. The van der Waals surface area contributed by atoms with Crippen molar-refractivity contribution in [2.45, 2.75) is 32.6 Å². The molecule has 84 valence electrons. The fraction of sp³-hybridized carbons (Fsp3) is 0.636. The van der Waals surface area contributed by atoms with Gasteiger partial charge in [0.1, 0.15) is 12.1 Å². The number of nitrogens with zero attached hydrogens (tertiary/aromatic N) is 2. The molecule has 0 aliphatic heterocycles. The maximum Gasteiger partial charge on any atom is 0.129 e. The van der Waals surface area contributed by atoms with Crippen molar-refractivity contribution in [3.63, 3.8) is 0 Å². The molecule has 1 heterocycles. The zero-order chi connectivity index (χ0) is 11.1. The molecule has 1 rings (SSSR count). The van der Waals surface area contributed by atoms with E-state index in [1.54, 1.807) is 6.33 Å². The summed E-state index contributed by atoms with van der Waals surface area (Å²) in [6, 6.07) is 1.98. The Morgan fingerprint density at radius 3 is 2.93 bits per heavy atom. The maximum atomic E-state index is 8.65.